The Morgan fingerprint density at radius 1 is 1.56 bits per heavy atom. The largest absolute Gasteiger partial charge is 0.396 e. The zero-order valence-electron chi connectivity index (χ0n) is 8.79. The maximum absolute atomic E-state index is 11.3. The summed E-state index contributed by atoms with van der Waals surface area (Å²) in [6.45, 7) is 0.425. The van der Waals surface area contributed by atoms with E-state index in [1.165, 1.54) is 0 Å². The van der Waals surface area contributed by atoms with Crippen molar-refractivity contribution in [2.75, 3.05) is 12.8 Å². The summed E-state index contributed by atoms with van der Waals surface area (Å²) in [5.74, 6) is -0.210. The van der Waals surface area contributed by atoms with Crippen LogP contribution in [0.15, 0.2) is 24.7 Å². The van der Waals surface area contributed by atoms with E-state index in [0.717, 1.165) is 0 Å². The maximum atomic E-state index is 11.3. The van der Waals surface area contributed by atoms with Gasteiger partial charge in [0.15, 0.2) is 0 Å². The Morgan fingerprint density at radius 3 is 3.00 bits per heavy atom. The first kappa shape index (κ1) is 10.2. The number of rotatable bonds is 3. The predicted octanol–water partition coefficient (Wildman–Crippen LogP) is -0.473. The molecule has 7 heteroatoms. The number of carbonyl (C=O) groups is 1. The number of amides is 1. The molecule has 0 spiro atoms. The highest BCUT2D eigenvalue weighted by Crippen LogP contribution is 2.00. The molecule has 0 saturated heterocycles. The SMILES string of the molecule is CNC(=O)c1ccn(Cn2cc(N)cn2)n1. The summed E-state index contributed by atoms with van der Waals surface area (Å²) in [6.07, 6.45) is 4.97. The van der Waals surface area contributed by atoms with Gasteiger partial charge in [-0.25, -0.2) is 4.68 Å². The number of anilines is 1. The van der Waals surface area contributed by atoms with Crippen LogP contribution in [0.5, 0.6) is 0 Å². The molecular weight excluding hydrogens is 208 g/mol. The van der Waals surface area contributed by atoms with Crippen LogP contribution in [0.4, 0.5) is 5.69 Å². The second kappa shape index (κ2) is 4.05. The lowest BCUT2D eigenvalue weighted by molar-refractivity contribution is 0.0957. The van der Waals surface area contributed by atoms with Gasteiger partial charge in [0.25, 0.3) is 5.91 Å². The Hall–Kier alpha value is -2.31. The molecule has 3 N–H and O–H groups in total. The highest BCUT2D eigenvalue weighted by Gasteiger charge is 2.06. The number of aromatic nitrogens is 4. The minimum atomic E-state index is -0.210. The second-order valence-corrected chi connectivity index (χ2v) is 3.27. The van der Waals surface area contributed by atoms with E-state index in [-0.39, 0.29) is 5.91 Å². The van der Waals surface area contributed by atoms with Gasteiger partial charge in [0.05, 0.1) is 18.1 Å². The number of hydrogen-bond acceptors (Lipinski definition) is 4. The van der Waals surface area contributed by atoms with Crippen molar-refractivity contribution in [1.82, 2.24) is 24.9 Å². The van der Waals surface area contributed by atoms with Gasteiger partial charge in [-0.3, -0.25) is 9.48 Å². The minimum Gasteiger partial charge on any atom is -0.396 e. The summed E-state index contributed by atoms with van der Waals surface area (Å²) in [6, 6.07) is 1.64. The quantitative estimate of drug-likeness (QED) is 0.731. The van der Waals surface area contributed by atoms with E-state index >= 15 is 0 Å². The lowest BCUT2D eigenvalue weighted by Gasteiger charge is -2.00. The van der Waals surface area contributed by atoms with Crippen LogP contribution in [-0.4, -0.2) is 32.5 Å². The highest BCUT2D eigenvalue weighted by atomic mass is 16.1. The molecule has 2 aromatic rings. The van der Waals surface area contributed by atoms with Gasteiger partial charge in [0, 0.05) is 13.2 Å². The van der Waals surface area contributed by atoms with E-state index in [2.05, 4.69) is 15.5 Å². The molecule has 0 aliphatic rings. The zero-order chi connectivity index (χ0) is 11.5. The third-order valence-corrected chi connectivity index (χ3v) is 2.04. The fourth-order valence-corrected chi connectivity index (χ4v) is 1.29. The first-order valence-electron chi connectivity index (χ1n) is 4.72. The molecule has 2 aromatic heterocycles. The Labute approximate surface area is 91.8 Å². The molecular formula is C9H12N6O. The van der Waals surface area contributed by atoms with Crippen LogP contribution in [0.1, 0.15) is 10.5 Å². The smallest absolute Gasteiger partial charge is 0.271 e. The fourth-order valence-electron chi connectivity index (χ4n) is 1.29. The van der Waals surface area contributed by atoms with Gasteiger partial charge < -0.3 is 11.1 Å². The van der Waals surface area contributed by atoms with E-state index in [1.807, 2.05) is 0 Å². The summed E-state index contributed by atoms with van der Waals surface area (Å²) in [5, 5.41) is 10.6. The fraction of sp³-hybridized carbons (Fsp3) is 0.222. The number of nitrogen functional groups attached to an aromatic ring is 1. The average molecular weight is 220 g/mol. The first-order valence-corrected chi connectivity index (χ1v) is 4.72. The lowest BCUT2D eigenvalue weighted by atomic mass is 10.4. The third-order valence-electron chi connectivity index (χ3n) is 2.04. The van der Waals surface area contributed by atoms with Crippen molar-refractivity contribution in [3.05, 3.63) is 30.4 Å². The molecule has 0 bridgehead atoms. The normalized spacial score (nSPS) is 10.3. The molecule has 2 rings (SSSR count). The molecule has 0 atom stereocenters. The molecule has 0 unspecified atom stereocenters. The summed E-state index contributed by atoms with van der Waals surface area (Å²) >= 11 is 0. The first-order chi connectivity index (χ1) is 7.69. The second-order valence-electron chi connectivity index (χ2n) is 3.27. The molecule has 0 radical (unpaired) electrons. The van der Waals surface area contributed by atoms with Crippen molar-refractivity contribution in [2.45, 2.75) is 6.67 Å². The van der Waals surface area contributed by atoms with E-state index in [4.69, 9.17) is 5.73 Å². The molecule has 0 aliphatic carbocycles. The summed E-state index contributed by atoms with van der Waals surface area (Å²) < 4.78 is 3.24. The average Bonchev–Trinajstić information content (AvgIpc) is 2.87. The lowest BCUT2D eigenvalue weighted by Crippen LogP contribution is -2.19. The molecule has 1 amide bonds. The number of nitrogens with two attached hydrogens (primary N) is 1. The molecule has 84 valence electrons. The van der Waals surface area contributed by atoms with Crippen molar-refractivity contribution in [3.63, 3.8) is 0 Å². The van der Waals surface area contributed by atoms with Crippen molar-refractivity contribution in [2.24, 2.45) is 0 Å². The van der Waals surface area contributed by atoms with Gasteiger partial charge in [0.2, 0.25) is 0 Å². The predicted molar refractivity (Wildman–Crippen MR) is 57.7 cm³/mol. The summed E-state index contributed by atoms with van der Waals surface area (Å²) in [7, 11) is 1.57. The summed E-state index contributed by atoms with van der Waals surface area (Å²) in [5.41, 5.74) is 6.50. The van der Waals surface area contributed by atoms with Crippen LogP contribution < -0.4 is 11.1 Å². The molecule has 0 aromatic carbocycles. The van der Waals surface area contributed by atoms with Gasteiger partial charge in [-0.15, -0.1) is 0 Å². The van der Waals surface area contributed by atoms with Crippen LogP contribution in [-0.2, 0) is 6.67 Å². The number of carbonyl (C=O) groups excluding carboxylic acids is 1. The Kier molecular flexibility index (Phi) is 2.59. The molecule has 2 heterocycles. The Morgan fingerprint density at radius 2 is 2.38 bits per heavy atom. The Balaban J connectivity index is 2.11. The molecule has 7 nitrogen and oxygen atoms in total. The minimum absolute atomic E-state index is 0.210. The molecule has 16 heavy (non-hydrogen) atoms. The highest BCUT2D eigenvalue weighted by molar-refractivity contribution is 5.91. The zero-order valence-corrected chi connectivity index (χ0v) is 8.79. The van der Waals surface area contributed by atoms with Gasteiger partial charge in [-0.2, -0.15) is 10.2 Å². The Bertz CT molecular complexity index is 500. The van der Waals surface area contributed by atoms with Crippen LogP contribution >= 0.6 is 0 Å². The molecule has 0 aliphatic heterocycles. The maximum Gasteiger partial charge on any atom is 0.271 e. The van der Waals surface area contributed by atoms with Crippen molar-refractivity contribution >= 4 is 11.6 Å². The van der Waals surface area contributed by atoms with Crippen molar-refractivity contribution < 1.29 is 4.79 Å². The van der Waals surface area contributed by atoms with Crippen LogP contribution in [0.3, 0.4) is 0 Å². The van der Waals surface area contributed by atoms with E-state index in [1.54, 1.807) is 41.1 Å². The third kappa shape index (κ3) is 2.02. The van der Waals surface area contributed by atoms with Crippen LogP contribution in [0.25, 0.3) is 0 Å². The van der Waals surface area contributed by atoms with Gasteiger partial charge in [-0.05, 0) is 6.07 Å². The van der Waals surface area contributed by atoms with E-state index < -0.39 is 0 Å². The number of nitrogens with zero attached hydrogens (tertiary/aromatic N) is 4. The standard InChI is InChI=1S/C9H12N6O/c1-11-9(16)8-2-3-14(13-8)6-15-5-7(10)4-12-15/h2-5H,6,10H2,1H3,(H,11,16). The van der Waals surface area contributed by atoms with Gasteiger partial charge in [-0.1, -0.05) is 0 Å². The van der Waals surface area contributed by atoms with E-state index in [0.29, 0.717) is 18.1 Å². The molecule has 0 fully saturated rings. The van der Waals surface area contributed by atoms with Crippen LogP contribution in [0, 0.1) is 0 Å². The number of hydrogen-bond donors (Lipinski definition) is 2. The van der Waals surface area contributed by atoms with Gasteiger partial charge in [0.1, 0.15) is 12.4 Å². The topological polar surface area (TPSA) is 90.8 Å². The molecule has 0 saturated carbocycles. The van der Waals surface area contributed by atoms with Crippen molar-refractivity contribution in [3.8, 4) is 0 Å². The van der Waals surface area contributed by atoms with E-state index in [9.17, 15) is 4.79 Å². The van der Waals surface area contributed by atoms with Gasteiger partial charge >= 0.3 is 0 Å². The van der Waals surface area contributed by atoms with Crippen LogP contribution in [0.2, 0.25) is 0 Å². The number of nitrogens with one attached hydrogen (secondary N) is 1. The summed E-state index contributed by atoms with van der Waals surface area (Å²) in [4.78, 5) is 11.3. The van der Waals surface area contributed by atoms with Crippen molar-refractivity contribution in [1.29, 1.82) is 0 Å². The monoisotopic (exact) mass is 220 g/mol.